The van der Waals surface area contributed by atoms with Crippen LogP contribution in [0.15, 0.2) is 18.2 Å². The van der Waals surface area contributed by atoms with Crippen molar-refractivity contribution in [3.63, 3.8) is 0 Å². The summed E-state index contributed by atoms with van der Waals surface area (Å²) in [7, 11) is 0. The van der Waals surface area contributed by atoms with E-state index in [4.69, 9.17) is 9.84 Å². The largest absolute Gasteiger partial charge is 0.478 e. The molecule has 1 aliphatic heterocycles. The minimum Gasteiger partial charge on any atom is -0.478 e. The zero-order chi connectivity index (χ0) is 13.8. The summed E-state index contributed by atoms with van der Waals surface area (Å²) in [5, 5.41) is 11.2. The highest BCUT2D eigenvalue weighted by Crippen LogP contribution is 2.18. The number of amides is 1. The van der Waals surface area contributed by atoms with Crippen molar-refractivity contribution in [3.05, 3.63) is 29.6 Å². The highest BCUT2D eigenvalue weighted by atomic mass is 19.1. The van der Waals surface area contributed by atoms with E-state index in [-0.39, 0.29) is 24.1 Å². The minimum absolute atomic E-state index is 0.0804. The van der Waals surface area contributed by atoms with Gasteiger partial charge in [-0.3, -0.25) is 4.79 Å². The van der Waals surface area contributed by atoms with Crippen LogP contribution in [0.2, 0.25) is 0 Å². The van der Waals surface area contributed by atoms with Gasteiger partial charge in [0.25, 0.3) is 0 Å². The summed E-state index contributed by atoms with van der Waals surface area (Å²) in [5.74, 6) is -2.48. The Balaban J connectivity index is 1.96. The molecule has 0 aliphatic carbocycles. The van der Waals surface area contributed by atoms with Crippen molar-refractivity contribution >= 4 is 17.6 Å². The summed E-state index contributed by atoms with van der Waals surface area (Å²) in [5.41, 5.74) is -0.178. The quantitative estimate of drug-likeness (QED) is 0.875. The Morgan fingerprint density at radius 2 is 2.26 bits per heavy atom. The van der Waals surface area contributed by atoms with E-state index in [1.807, 2.05) is 0 Å². The average molecular weight is 267 g/mol. The fourth-order valence-corrected chi connectivity index (χ4v) is 1.99. The molecule has 19 heavy (non-hydrogen) atoms. The summed E-state index contributed by atoms with van der Waals surface area (Å²) in [4.78, 5) is 22.3. The molecule has 0 aromatic heterocycles. The normalized spacial score (nSPS) is 18.3. The standard InChI is InChI=1S/C13H14FNO4/c14-11-6-8(3-4-10(11)13(17)18)15-12(16)7-9-2-1-5-19-9/h3-4,6,9H,1-2,5,7H2,(H,15,16)(H,17,18). The van der Waals surface area contributed by atoms with E-state index in [0.29, 0.717) is 6.61 Å². The second-order valence-electron chi connectivity index (χ2n) is 4.39. The average Bonchev–Trinajstić information content (AvgIpc) is 2.81. The maximum Gasteiger partial charge on any atom is 0.338 e. The Morgan fingerprint density at radius 1 is 1.47 bits per heavy atom. The fraction of sp³-hybridized carbons (Fsp3) is 0.385. The van der Waals surface area contributed by atoms with Gasteiger partial charge in [-0.25, -0.2) is 9.18 Å². The molecule has 2 rings (SSSR count). The lowest BCUT2D eigenvalue weighted by Crippen LogP contribution is -2.19. The lowest BCUT2D eigenvalue weighted by molar-refractivity contribution is -0.118. The van der Waals surface area contributed by atoms with Crippen LogP contribution in [-0.2, 0) is 9.53 Å². The lowest BCUT2D eigenvalue weighted by atomic mass is 10.1. The van der Waals surface area contributed by atoms with Crippen molar-refractivity contribution in [3.8, 4) is 0 Å². The molecule has 1 aromatic carbocycles. The summed E-state index contributed by atoms with van der Waals surface area (Å²) in [6.07, 6.45) is 1.94. The van der Waals surface area contributed by atoms with Crippen molar-refractivity contribution in [2.45, 2.75) is 25.4 Å². The predicted molar refractivity (Wildman–Crippen MR) is 65.6 cm³/mol. The molecule has 0 spiro atoms. The van der Waals surface area contributed by atoms with Crippen molar-refractivity contribution in [1.29, 1.82) is 0 Å². The monoisotopic (exact) mass is 267 g/mol. The maximum atomic E-state index is 13.4. The van der Waals surface area contributed by atoms with E-state index in [2.05, 4.69) is 5.32 Å². The SMILES string of the molecule is O=C(CC1CCCO1)Nc1ccc(C(=O)O)c(F)c1. The van der Waals surface area contributed by atoms with Crippen LogP contribution in [0, 0.1) is 5.82 Å². The Hall–Kier alpha value is -1.95. The molecule has 0 radical (unpaired) electrons. The summed E-state index contributed by atoms with van der Waals surface area (Å²) < 4.78 is 18.7. The zero-order valence-electron chi connectivity index (χ0n) is 10.2. The Bertz CT molecular complexity index is 497. The maximum absolute atomic E-state index is 13.4. The van der Waals surface area contributed by atoms with Gasteiger partial charge in [0.15, 0.2) is 0 Å². The first-order chi connectivity index (χ1) is 9.06. The van der Waals surface area contributed by atoms with E-state index >= 15 is 0 Å². The first-order valence-corrected chi connectivity index (χ1v) is 6.00. The van der Waals surface area contributed by atoms with E-state index in [0.717, 1.165) is 25.0 Å². The van der Waals surface area contributed by atoms with E-state index in [9.17, 15) is 14.0 Å². The summed E-state index contributed by atoms with van der Waals surface area (Å²) in [6.45, 7) is 0.667. The van der Waals surface area contributed by atoms with Gasteiger partial charge in [0.1, 0.15) is 5.82 Å². The van der Waals surface area contributed by atoms with Crippen LogP contribution < -0.4 is 5.32 Å². The molecule has 1 saturated heterocycles. The van der Waals surface area contributed by atoms with Gasteiger partial charge in [0, 0.05) is 12.3 Å². The van der Waals surface area contributed by atoms with Gasteiger partial charge in [-0.2, -0.15) is 0 Å². The third-order valence-corrected chi connectivity index (χ3v) is 2.92. The number of anilines is 1. The molecule has 1 unspecified atom stereocenters. The molecular formula is C13H14FNO4. The van der Waals surface area contributed by atoms with Crippen molar-refractivity contribution in [2.75, 3.05) is 11.9 Å². The van der Waals surface area contributed by atoms with Crippen LogP contribution in [0.1, 0.15) is 29.6 Å². The second-order valence-corrected chi connectivity index (χ2v) is 4.39. The van der Waals surface area contributed by atoms with Crippen molar-refractivity contribution in [2.24, 2.45) is 0 Å². The number of carboxylic acid groups (broad SMARTS) is 1. The molecule has 1 fully saturated rings. The molecule has 1 aromatic rings. The number of hydrogen-bond donors (Lipinski definition) is 2. The molecule has 0 bridgehead atoms. The first-order valence-electron chi connectivity index (χ1n) is 6.00. The second kappa shape index (κ2) is 5.79. The van der Waals surface area contributed by atoms with Gasteiger partial charge < -0.3 is 15.2 Å². The first kappa shape index (κ1) is 13.5. The van der Waals surface area contributed by atoms with Gasteiger partial charge in [-0.05, 0) is 31.0 Å². The molecule has 102 valence electrons. The molecular weight excluding hydrogens is 253 g/mol. The van der Waals surface area contributed by atoms with Crippen LogP contribution in [0.3, 0.4) is 0 Å². The summed E-state index contributed by atoms with van der Waals surface area (Å²) >= 11 is 0. The molecule has 1 amide bonds. The van der Waals surface area contributed by atoms with Crippen LogP contribution >= 0.6 is 0 Å². The number of aromatic carboxylic acids is 1. The topological polar surface area (TPSA) is 75.6 Å². The van der Waals surface area contributed by atoms with Crippen LogP contribution in [0.25, 0.3) is 0 Å². The third kappa shape index (κ3) is 3.51. The highest BCUT2D eigenvalue weighted by molar-refractivity contribution is 5.92. The number of rotatable bonds is 4. The Labute approximate surface area is 109 Å². The Morgan fingerprint density at radius 3 is 2.84 bits per heavy atom. The van der Waals surface area contributed by atoms with E-state index < -0.39 is 17.3 Å². The van der Waals surface area contributed by atoms with Gasteiger partial charge >= 0.3 is 5.97 Å². The summed E-state index contributed by atoms with van der Waals surface area (Å²) in [6, 6.07) is 3.48. The van der Waals surface area contributed by atoms with E-state index in [1.54, 1.807) is 0 Å². The number of carbonyl (C=O) groups is 2. The number of carbonyl (C=O) groups excluding carboxylic acids is 1. The predicted octanol–water partition coefficient (Wildman–Crippen LogP) is 2.03. The zero-order valence-corrected chi connectivity index (χ0v) is 10.2. The van der Waals surface area contributed by atoms with Gasteiger partial charge in [-0.1, -0.05) is 0 Å². The number of carboxylic acids is 1. The number of ether oxygens (including phenoxy) is 1. The number of nitrogens with one attached hydrogen (secondary N) is 1. The molecule has 2 N–H and O–H groups in total. The number of hydrogen-bond acceptors (Lipinski definition) is 3. The molecule has 1 heterocycles. The van der Waals surface area contributed by atoms with Crippen molar-refractivity contribution in [1.82, 2.24) is 0 Å². The van der Waals surface area contributed by atoms with E-state index in [1.165, 1.54) is 6.07 Å². The molecule has 1 aliphatic rings. The third-order valence-electron chi connectivity index (χ3n) is 2.92. The van der Waals surface area contributed by atoms with Gasteiger partial charge in [-0.15, -0.1) is 0 Å². The smallest absolute Gasteiger partial charge is 0.338 e. The minimum atomic E-state index is -1.34. The van der Waals surface area contributed by atoms with Gasteiger partial charge in [0.05, 0.1) is 18.1 Å². The van der Waals surface area contributed by atoms with Crippen LogP contribution in [-0.4, -0.2) is 29.7 Å². The van der Waals surface area contributed by atoms with Crippen LogP contribution in [0.5, 0.6) is 0 Å². The molecule has 6 heteroatoms. The Kier molecular flexibility index (Phi) is 4.11. The number of halogens is 1. The van der Waals surface area contributed by atoms with Gasteiger partial charge in [0.2, 0.25) is 5.91 Å². The number of benzene rings is 1. The molecule has 0 saturated carbocycles. The van der Waals surface area contributed by atoms with Crippen LogP contribution in [0.4, 0.5) is 10.1 Å². The highest BCUT2D eigenvalue weighted by Gasteiger charge is 2.19. The lowest BCUT2D eigenvalue weighted by Gasteiger charge is -2.10. The van der Waals surface area contributed by atoms with Crippen molar-refractivity contribution < 1.29 is 23.8 Å². The molecule has 5 nitrogen and oxygen atoms in total. The molecule has 1 atom stereocenters. The fourth-order valence-electron chi connectivity index (χ4n) is 1.99.